The summed E-state index contributed by atoms with van der Waals surface area (Å²) >= 11 is 0. The summed E-state index contributed by atoms with van der Waals surface area (Å²) in [6, 6.07) is 2.16. The molecular weight excluding hydrogens is 300 g/mol. The Morgan fingerprint density at radius 2 is 2.14 bits per heavy atom. The highest BCUT2D eigenvalue weighted by Gasteiger charge is 2.48. The van der Waals surface area contributed by atoms with Crippen molar-refractivity contribution in [3.8, 4) is 0 Å². The third-order valence-electron chi connectivity index (χ3n) is 5.23. The fraction of sp³-hybridized carbons (Fsp3) is 0.750. The van der Waals surface area contributed by atoms with E-state index in [1.165, 1.54) is 18.5 Å². The largest absolute Gasteiger partial charge is 0.356 e. The summed E-state index contributed by atoms with van der Waals surface area (Å²) in [5.74, 6) is 1.34. The summed E-state index contributed by atoms with van der Waals surface area (Å²) in [5, 5.41) is 7.51. The van der Waals surface area contributed by atoms with Crippen molar-refractivity contribution in [2.45, 2.75) is 52.1 Å². The van der Waals surface area contributed by atoms with Gasteiger partial charge in [0.05, 0.1) is 11.6 Å². The fourth-order valence-corrected chi connectivity index (χ4v) is 4.18. The zero-order chi connectivity index (χ0) is 15.0. The minimum Gasteiger partial charge on any atom is -0.356 e. The number of nitrogens with two attached hydrogens (primary N) is 1. The maximum Gasteiger partial charge on any atom is 0.224 e. The van der Waals surface area contributed by atoms with Crippen LogP contribution in [-0.2, 0) is 11.3 Å². The molecule has 4 unspecified atom stereocenters. The Morgan fingerprint density at radius 1 is 1.41 bits per heavy atom. The van der Waals surface area contributed by atoms with Crippen LogP contribution in [0.3, 0.4) is 0 Å². The second-order valence-electron chi connectivity index (χ2n) is 6.73. The third kappa shape index (κ3) is 3.30. The molecule has 6 heteroatoms. The molecule has 0 aromatic carbocycles. The molecule has 124 valence electrons. The number of aryl methyl sites for hydroxylation is 3. The minimum atomic E-state index is 0. The van der Waals surface area contributed by atoms with Crippen LogP contribution in [0.25, 0.3) is 0 Å². The summed E-state index contributed by atoms with van der Waals surface area (Å²) in [4.78, 5) is 12.3. The molecule has 0 aliphatic heterocycles. The predicted octanol–water partition coefficient (Wildman–Crippen LogP) is 1.80. The van der Waals surface area contributed by atoms with Crippen LogP contribution in [0.5, 0.6) is 0 Å². The number of hydrogen-bond acceptors (Lipinski definition) is 3. The lowest BCUT2D eigenvalue weighted by atomic mass is 9.84. The molecule has 0 radical (unpaired) electrons. The number of nitrogens with one attached hydrogen (secondary N) is 1. The van der Waals surface area contributed by atoms with Gasteiger partial charge in [0.2, 0.25) is 5.91 Å². The first-order valence-corrected chi connectivity index (χ1v) is 8.10. The summed E-state index contributed by atoms with van der Waals surface area (Å²) < 4.78 is 2.00. The Labute approximate surface area is 138 Å². The summed E-state index contributed by atoms with van der Waals surface area (Å²) in [7, 11) is 0. The van der Waals surface area contributed by atoms with E-state index in [0.29, 0.717) is 18.4 Å². The van der Waals surface area contributed by atoms with Crippen LogP contribution >= 0.6 is 12.4 Å². The van der Waals surface area contributed by atoms with Crippen molar-refractivity contribution in [2.75, 3.05) is 6.54 Å². The van der Waals surface area contributed by atoms with Crippen molar-refractivity contribution in [1.29, 1.82) is 0 Å². The summed E-state index contributed by atoms with van der Waals surface area (Å²) in [6.07, 6.45) is 4.46. The van der Waals surface area contributed by atoms with Gasteiger partial charge in [-0.2, -0.15) is 5.10 Å². The molecule has 0 saturated heterocycles. The van der Waals surface area contributed by atoms with E-state index in [2.05, 4.69) is 23.4 Å². The van der Waals surface area contributed by atoms with Gasteiger partial charge in [0, 0.05) is 24.8 Å². The molecule has 2 saturated carbocycles. The molecule has 1 amide bonds. The third-order valence-corrected chi connectivity index (χ3v) is 5.23. The number of rotatable bonds is 5. The number of nitrogens with zero attached hydrogens (tertiary/aromatic N) is 2. The van der Waals surface area contributed by atoms with Crippen molar-refractivity contribution >= 4 is 18.3 Å². The van der Waals surface area contributed by atoms with Gasteiger partial charge in [0.25, 0.3) is 0 Å². The number of carbonyl (C=O) groups is 1. The molecule has 2 aliphatic rings. The van der Waals surface area contributed by atoms with Crippen molar-refractivity contribution < 1.29 is 4.79 Å². The maximum atomic E-state index is 12.3. The second-order valence-corrected chi connectivity index (χ2v) is 6.73. The first-order chi connectivity index (χ1) is 10.1. The lowest BCUT2D eigenvalue weighted by Crippen LogP contribution is -2.45. The summed E-state index contributed by atoms with van der Waals surface area (Å²) in [5.41, 5.74) is 8.43. The number of halogens is 1. The quantitative estimate of drug-likeness (QED) is 0.810. The molecule has 1 aromatic rings. The van der Waals surface area contributed by atoms with E-state index in [1.54, 1.807) is 0 Å². The number of aromatic nitrogens is 2. The number of amides is 1. The van der Waals surface area contributed by atoms with Gasteiger partial charge >= 0.3 is 0 Å². The van der Waals surface area contributed by atoms with Gasteiger partial charge in [-0.15, -0.1) is 12.4 Å². The number of fused-ring (bicyclic) bond motifs is 2. The van der Waals surface area contributed by atoms with Gasteiger partial charge in [-0.05, 0) is 57.4 Å². The van der Waals surface area contributed by atoms with Gasteiger partial charge in [-0.25, -0.2) is 0 Å². The molecule has 1 heterocycles. The molecule has 3 rings (SSSR count). The second kappa shape index (κ2) is 7.01. The van der Waals surface area contributed by atoms with Gasteiger partial charge in [-0.3, -0.25) is 9.48 Å². The van der Waals surface area contributed by atoms with Crippen molar-refractivity contribution in [3.63, 3.8) is 0 Å². The van der Waals surface area contributed by atoms with E-state index in [9.17, 15) is 4.79 Å². The topological polar surface area (TPSA) is 72.9 Å². The van der Waals surface area contributed by atoms with Gasteiger partial charge < -0.3 is 11.1 Å². The highest BCUT2D eigenvalue weighted by molar-refractivity contribution is 5.85. The molecular formula is C16H27ClN4O. The Kier molecular flexibility index (Phi) is 5.50. The highest BCUT2D eigenvalue weighted by atomic mass is 35.5. The average molecular weight is 327 g/mol. The monoisotopic (exact) mass is 326 g/mol. The molecule has 2 fully saturated rings. The zero-order valence-electron chi connectivity index (χ0n) is 13.4. The van der Waals surface area contributed by atoms with Crippen LogP contribution in [-0.4, -0.2) is 28.3 Å². The Balaban J connectivity index is 0.00000176. The van der Waals surface area contributed by atoms with E-state index < -0.39 is 0 Å². The molecule has 22 heavy (non-hydrogen) atoms. The molecule has 2 aliphatic carbocycles. The van der Waals surface area contributed by atoms with E-state index >= 15 is 0 Å². The Hall–Kier alpha value is -1.07. The zero-order valence-corrected chi connectivity index (χ0v) is 14.2. The smallest absolute Gasteiger partial charge is 0.224 e. The predicted molar refractivity (Wildman–Crippen MR) is 88.9 cm³/mol. The summed E-state index contributed by atoms with van der Waals surface area (Å²) in [6.45, 7) is 5.62. The van der Waals surface area contributed by atoms with Gasteiger partial charge in [-0.1, -0.05) is 0 Å². The van der Waals surface area contributed by atoms with Crippen LogP contribution < -0.4 is 11.1 Å². The van der Waals surface area contributed by atoms with Crippen molar-refractivity contribution in [2.24, 2.45) is 23.5 Å². The lowest BCUT2D eigenvalue weighted by molar-refractivity contribution is -0.127. The molecule has 2 bridgehead atoms. The molecule has 0 spiro atoms. The normalized spacial score (nSPS) is 29.4. The van der Waals surface area contributed by atoms with Crippen LogP contribution in [0.1, 0.15) is 37.1 Å². The van der Waals surface area contributed by atoms with Crippen LogP contribution in [0.2, 0.25) is 0 Å². The standard InChI is InChI=1S/C16H26N4O.ClH/c1-10-8-11(2)20(19-10)7-3-6-18-16(21)14-12-4-5-13(9-12)15(14)17;/h8,12-15H,3-7,9,17H2,1-2H3,(H,18,21);1H. The van der Waals surface area contributed by atoms with Crippen LogP contribution in [0.4, 0.5) is 0 Å². The van der Waals surface area contributed by atoms with E-state index in [4.69, 9.17) is 5.73 Å². The Bertz CT molecular complexity index is 528. The Morgan fingerprint density at radius 3 is 2.73 bits per heavy atom. The van der Waals surface area contributed by atoms with E-state index in [-0.39, 0.29) is 30.3 Å². The minimum absolute atomic E-state index is 0. The number of hydrogen-bond donors (Lipinski definition) is 2. The maximum absolute atomic E-state index is 12.3. The van der Waals surface area contributed by atoms with Gasteiger partial charge in [0.1, 0.15) is 0 Å². The molecule has 5 nitrogen and oxygen atoms in total. The van der Waals surface area contributed by atoms with E-state index in [1.807, 2.05) is 11.6 Å². The molecule has 3 N–H and O–H groups in total. The number of carbonyl (C=O) groups excluding carboxylic acids is 1. The van der Waals surface area contributed by atoms with Crippen LogP contribution in [0, 0.1) is 31.6 Å². The SMILES string of the molecule is Cc1cc(C)n(CCCNC(=O)C2C3CCC(C3)C2N)n1.Cl. The van der Waals surface area contributed by atoms with Crippen LogP contribution in [0.15, 0.2) is 6.07 Å². The average Bonchev–Trinajstić information content (AvgIpc) is 3.10. The first-order valence-electron chi connectivity index (χ1n) is 8.10. The van der Waals surface area contributed by atoms with E-state index in [0.717, 1.165) is 25.1 Å². The first kappa shape index (κ1) is 17.3. The highest BCUT2D eigenvalue weighted by Crippen LogP contribution is 2.47. The van der Waals surface area contributed by atoms with Gasteiger partial charge in [0.15, 0.2) is 0 Å². The van der Waals surface area contributed by atoms with Crippen molar-refractivity contribution in [3.05, 3.63) is 17.5 Å². The molecule has 4 atom stereocenters. The van der Waals surface area contributed by atoms with Crippen molar-refractivity contribution in [1.82, 2.24) is 15.1 Å². The lowest BCUT2D eigenvalue weighted by Gasteiger charge is -2.27. The molecule has 1 aromatic heterocycles. The fourth-order valence-electron chi connectivity index (χ4n) is 4.18.